The van der Waals surface area contributed by atoms with Gasteiger partial charge in [0.25, 0.3) is 0 Å². The van der Waals surface area contributed by atoms with Crippen LogP contribution in [0.2, 0.25) is 0 Å². The summed E-state index contributed by atoms with van der Waals surface area (Å²) in [5, 5.41) is 12.1. The highest BCUT2D eigenvalue weighted by atomic mass is 16.5. The zero-order chi connectivity index (χ0) is 15.2. The molecule has 0 aromatic heterocycles. The van der Waals surface area contributed by atoms with E-state index in [9.17, 15) is 14.7 Å². The van der Waals surface area contributed by atoms with Crippen LogP contribution in [0.3, 0.4) is 0 Å². The molecule has 0 aromatic rings. The van der Waals surface area contributed by atoms with E-state index >= 15 is 0 Å². The Bertz CT molecular complexity index is 359. The highest BCUT2D eigenvalue weighted by molar-refractivity contribution is 5.85. The fraction of sp³-hybridized carbons (Fsp3) is 0.875. The van der Waals surface area contributed by atoms with Gasteiger partial charge in [-0.2, -0.15) is 0 Å². The standard InChI is InChI=1S/C16H27NO4/c1-11(9-12-5-2-3-6-12)15(18)17-14(16(19)20)13-7-4-8-21-10-13/h11-14H,2-10H2,1H3,(H,17,18)(H,19,20). The van der Waals surface area contributed by atoms with Crippen LogP contribution in [0.25, 0.3) is 0 Å². The summed E-state index contributed by atoms with van der Waals surface area (Å²) >= 11 is 0. The molecule has 2 fully saturated rings. The number of amides is 1. The predicted octanol–water partition coefficient (Wildman–Crippen LogP) is 2.20. The van der Waals surface area contributed by atoms with Crippen LogP contribution in [-0.4, -0.2) is 36.2 Å². The Labute approximate surface area is 126 Å². The third-order valence-electron chi connectivity index (χ3n) is 4.84. The van der Waals surface area contributed by atoms with E-state index in [2.05, 4.69) is 5.32 Å². The minimum atomic E-state index is -0.952. The molecule has 3 unspecified atom stereocenters. The van der Waals surface area contributed by atoms with Crippen molar-refractivity contribution in [1.82, 2.24) is 5.32 Å². The molecule has 2 aliphatic rings. The van der Waals surface area contributed by atoms with E-state index in [4.69, 9.17) is 4.74 Å². The second kappa shape index (κ2) is 7.78. The molecule has 1 aliphatic carbocycles. The van der Waals surface area contributed by atoms with Gasteiger partial charge >= 0.3 is 5.97 Å². The number of hydrogen-bond donors (Lipinski definition) is 2. The molecule has 5 heteroatoms. The molecule has 120 valence electrons. The van der Waals surface area contributed by atoms with Crippen molar-refractivity contribution in [3.63, 3.8) is 0 Å². The van der Waals surface area contributed by atoms with Gasteiger partial charge in [0.2, 0.25) is 5.91 Å². The van der Waals surface area contributed by atoms with E-state index < -0.39 is 12.0 Å². The van der Waals surface area contributed by atoms with Crippen molar-refractivity contribution in [3.8, 4) is 0 Å². The highest BCUT2D eigenvalue weighted by Crippen LogP contribution is 2.30. The van der Waals surface area contributed by atoms with Gasteiger partial charge in [-0.15, -0.1) is 0 Å². The molecule has 2 N–H and O–H groups in total. The number of rotatable bonds is 6. The first-order valence-electron chi connectivity index (χ1n) is 8.19. The Kier molecular flexibility index (Phi) is 6.03. The monoisotopic (exact) mass is 297 g/mol. The molecule has 1 saturated heterocycles. The van der Waals surface area contributed by atoms with Gasteiger partial charge in [-0.25, -0.2) is 4.79 Å². The van der Waals surface area contributed by atoms with Crippen molar-refractivity contribution in [3.05, 3.63) is 0 Å². The number of carboxylic acids is 1. The Balaban J connectivity index is 1.86. The minimum absolute atomic E-state index is 0.112. The lowest BCUT2D eigenvalue weighted by Gasteiger charge is -2.29. The van der Waals surface area contributed by atoms with E-state index in [0.717, 1.165) is 19.3 Å². The molecule has 0 aromatic carbocycles. The van der Waals surface area contributed by atoms with Crippen LogP contribution >= 0.6 is 0 Å². The molecule has 1 amide bonds. The second-order valence-electron chi connectivity index (χ2n) is 6.59. The van der Waals surface area contributed by atoms with Crippen molar-refractivity contribution in [1.29, 1.82) is 0 Å². The van der Waals surface area contributed by atoms with Gasteiger partial charge in [-0.1, -0.05) is 32.6 Å². The average molecular weight is 297 g/mol. The number of carbonyl (C=O) groups is 2. The third-order valence-corrected chi connectivity index (χ3v) is 4.84. The summed E-state index contributed by atoms with van der Waals surface area (Å²) in [7, 11) is 0. The van der Waals surface area contributed by atoms with E-state index in [1.807, 2.05) is 6.92 Å². The Hall–Kier alpha value is -1.10. The first-order chi connectivity index (χ1) is 10.1. The average Bonchev–Trinajstić information content (AvgIpc) is 2.98. The normalized spacial score (nSPS) is 26.2. The molecule has 2 rings (SSSR count). The molecule has 5 nitrogen and oxygen atoms in total. The van der Waals surface area contributed by atoms with Crippen LogP contribution in [0.15, 0.2) is 0 Å². The summed E-state index contributed by atoms with van der Waals surface area (Å²) in [6.45, 7) is 3.02. The predicted molar refractivity (Wildman–Crippen MR) is 78.8 cm³/mol. The molecule has 0 bridgehead atoms. The molecule has 0 spiro atoms. The molecule has 1 heterocycles. The molecule has 1 saturated carbocycles. The van der Waals surface area contributed by atoms with Crippen molar-refractivity contribution in [2.45, 2.75) is 57.9 Å². The van der Waals surface area contributed by atoms with Gasteiger partial charge < -0.3 is 15.2 Å². The fourth-order valence-electron chi connectivity index (χ4n) is 3.56. The lowest BCUT2D eigenvalue weighted by atomic mass is 9.91. The van der Waals surface area contributed by atoms with Crippen molar-refractivity contribution in [2.24, 2.45) is 17.8 Å². The summed E-state index contributed by atoms with van der Waals surface area (Å²) < 4.78 is 5.35. The number of ether oxygens (including phenoxy) is 1. The number of carboxylic acid groups (broad SMARTS) is 1. The van der Waals surface area contributed by atoms with Gasteiger partial charge in [0.15, 0.2) is 0 Å². The van der Waals surface area contributed by atoms with Gasteiger partial charge in [0.05, 0.1) is 6.61 Å². The Morgan fingerprint density at radius 2 is 1.95 bits per heavy atom. The first kappa shape index (κ1) is 16.3. The minimum Gasteiger partial charge on any atom is -0.480 e. The maximum Gasteiger partial charge on any atom is 0.326 e. The first-order valence-corrected chi connectivity index (χ1v) is 8.19. The maximum atomic E-state index is 12.3. The van der Waals surface area contributed by atoms with Crippen LogP contribution in [0.5, 0.6) is 0 Å². The summed E-state index contributed by atoms with van der Waals surface area (Å²) in [6.07, 6.45) is 7.47. The second-order valence-corrected chi connectivity index (χ2v) is 6.59. The molecule has 3 atom stereocenters. The lowest BCUT2D eigenvalue weighted by Crippen LogP contribution is -2.49. The molecular formula is C16H27NO4. The quantitative estimate of drug-likeness (QED) is 0.788. The van der Waals surface area contributed by atoms with Gasteiger partial charge in [-0.05, 0) is 25.2 Å². The Morgan fingerprint density at radius 3 is 2.52 bits per heavy atom. The van der Waals surface area contributed by atoms with E-state index in [-0.39, 0.29) is 17.7 Å². The van der Waals surface area contributed by atoms with E-state index in [1.165, 1.54) is 25.7 Å². The van der Waals surface area contributed by atoms with Crippen molar-refractivity contribution >= 4 is 11.9 Å². The third kappa shape index (κ3) is 4.70. The highest BCUT2D eigenvalue weighted by Gasteiger charge is 2.33. The summed E-state index contributed by atoms with van der Waals surface area (Å²) in [5.41, 5.74) is 0. The zero-order valence-electron chi connectivity index (χ0n) is 12.8. The number of nitrogens with one attached hydrogen (secondary N) is 1. The summed E-state index contributed by atoms with van der Waals surface area (Å²) in [6, 6.07) is -0.816. The van der Waals surface area contributed by atoms with Crippen LogP contribution in [-0.2, 0) is 14.3 Å². The molecule has 1 aliphatic heterocycles. The van der Waals surface area contributed by atoms with Crippen LogP contribution in [0.1, 0.15) is 51.9 Å². The van der Waals surface area contributed by atoms with Crippen LogP contribution in [0, 0.1) is 17.8 Å². The van der Waals surface area contributed by atoms with Crippen LogP contribution in [0.4, 0.5) is 0 Å². The summed E-state index contributed by atoms with van der Waals surface area (Å²) in [4.78, 5) is 23.7. The smallest absolute Gasteiger partial charge is 0.326 e. The number of carbonyl (C=O) groups excluding carboxylic acids is 1. The van der Waals surface area contributed by atoms with E-state index in [1.54, 1.807) is 0 Å². The SMILES string of the molecule is CC(CC1CCCC1)C(=O)NC(C(=O)O)C1CCCOC1. The largest absolute Gasteiger partial charge is 0.480 e. The van der Waals surface area contributed by atoms with Gasteiger partial charge in [0, 0.05) is 18.4 Å². The zero-order valence-corrected chi connectivity index (χ0v) is 12.8. The van der Waals surface area contributed by atoms with Gasteiger partial charge in [0.1, 0.15) is 6.04 Å². The van der Waals surface area contributed by atoms with Gasteiger partial charge in [-0.3, -0.25) is 4.79 Å². The molecule has 0 radical (unpaired) electrons. The fourth-order valence-corrected chi connectivity index (χ4v) is 3.56. The topological polar surface area (TPSA) is 75.6 Å². The molecule has 21 heavy (non-hydrogen) atoms. The lowest BCUT2D eigenvalue weighted by molar-refractivity contribution is -0.145. The van der Waals surface area contributed by atoms with Crippen molar-refractivity contribution in [2.75, 3.05) is 13.2 Å². The van der Waals surface area contributed by atoms with E-state index in [0.29, 0.717) is 19.1 Å². The number of aliphatic carboxylic acids is 1. The van der Waals surface area contributed by atoms with Crippen molar-refractivity contribution < 1.29 is 19.4 Å². The summed E-state index contributed by atoms with van der Waals surface area (Å²) in [5.74, 6) is -0.669. The number of hydrogen-bond acceptors (Lipinski definition) is 3. The Morgan fingerprint density at radius 1 is 1.24 bits per heavy atom. The van der Waals surface area contributed by atoms with Crippen LogP contribution < -0.4 is 5.32 Å². The maximum absolute atomic E-state index is 12.3. The molecular weight excluding hydrogens is 270 g/mol.